The molecule has 6 nitrogen and oxygen atoms in total. The van der Waals surface area contributed by atoms with Crippen molar-refractivity contribution < 1.29 is 9.59 Å². The molecule has 1 saturated carbocycles. The topological polar surface area (TPSA) is 109 Å². The molecule has 0 radical (unpaired) electrons. The molecule has 0 saturated heterocycles. The minimum atomic E-state index is -0.907. The second-order valence-corrected chi connectivity index (χ2v) is 6.58. The normalized spacial score (nSPS) is 22.8. The molecular formula is C20H20N4O2. The van der Waals surface area contributed by atoms with Crippen LogP contribution in [0.5, 0.6) is 0 Å². The second-order valence-electron chi connectivity index (χ2n) is 6.58. The van der Waals surface area contributed by atoms with Crippen molar-refractivity contribution >= 4 is 17.5 Å². The summed E-state index contributed by atoms with van der Waals surface area (Å²) in [6.07, 6.45) is 1.96. The van der Waals surface area contributed by atoms with Crippen molar-refractivity contribution in [3.63, 3.8) is 0 Å². The summed E-state index contributed by atoms with van der Waals surface area (Å²) >= 11 is 0. The number of hydrogen-bond donors (Lipinski definition) is 2. The van der Waals surface area contributed by atoms with Gasteiger partial charge in [-0.15, -0.1) is 0 Å². The Morgan fingerprint density at radius 1 is 1.35 bits per heavy atom. The number of nitriles is 1. The Bertz CT molecular complexity index is 860. The highest BCUT2D eigenvalue weighted by molar-refractivity contribution is 6.08. The van der Waals surface area contributed by atoms with E-state index in [0.29, 0.717) is 12.2 Å². The van der Waals surface area contributed by atoms with Gasteiger partial charge in [-0.25, -0.2) is 4.98 Å². The van der Waals surface area contributed by atoms with Gasteiger partial charge in [0.15, 0.2) is 5.78 Å². The van der Waals surface area contributed by atoms with Crippen molar-refractivity contribution in [1.29, 1.82) is 5.26 Å². The van der Waals surface area contributed by atoms with Crippen LogP contribution in [0, 0.1) is 29.1 Å². The van der Waals surface area contributed by atoms with Gasteiger partial charge in [-0.1, -0.05) is 30.3 Å². The third-order valence-corrected chi connectivity index (χ3v) is 4.86. The van der Waals surface area contributed by atoms with Crippen molar-refractivity contribution in [1.82, 2.24) is 10.3 Å². The summed E-state index contributed by atoms with van der Waals surface area (Å²) < 4.78 is 0. The van der Waals surface area contributed by atoms with Crippen molar-refractivity contribution in [2.24, 2.45) is 17.8 Å². The van der Waals surface area contributed by atoms with Crippen molar-refractivity contribution in [2.75, 3.05) is 5.73 Å². The van der Waals surface area contributed by atoms with E-state index < -0.39 is 17.8 Å². The van der Waals surface area contributed by atoms with Gasteiger partial charge in [0, 0.05) is 12.1 Å². The smallest absolute Gasteiger partial charge is 0.232 e. The number of carbonyl (C=O) groups is 2. The molecule has 1 amide bonds. The number of nitrogens with one attached hydrogen (secondary N) is 1. The molecule has 132 valence electrons. The van der Waals surface area contributed by atoms with Crippen LogP contribution in [-0.4, -0.2) is 16.7 Å². The largest absolute Gasteiger partial charge is 0.384 e. The van der Waals surface area contributed by atoms with Gasteiger partial charge < -0.3 is 11.1 Å². The first kappa shape index (κ1) is 17.6. The molecule has 1 fully saturated rings. The summed E-state index contributed by atoms with van der Waals surface area (Å²) in [5.74, 6) is -2.22. The van der Waals surface area contributed by atoms with E-state index in [-0.39, 0.29) is 17.7 Å². The van der Waals surface area contributed by atoms with E-state index in [9.17, 15) is 14.9 Å². The van der Waals surface area contributed by atoms with Gasteiger partial charge >= 0.3 is 0 Å². The summed E-state index contributed by atoms with van der Waals surface area (Å²) in [5, 5.41) is 12.3. The molecule has 3 N–H and O–H groups in total. The fourth-order valence-corrected chi connectivity index (χ4v) is 3.39. The van der Waals surface area contributed by atoms with E-state index in [2.05, 4.69) is 16.4 Å². The van der Waals surface area contributed by atoms with Crippen LogP contribution in [0.3, 0.4) is 0 Å². The molecular weight excluding hydrogens is 328 g/mol. The highest BCUT2D eigenvalue weighted by atomic mass is 16.2. The molecule has 1 unspecified atom stereocenters. The summed E-state index contributed by atoms with van der Waals surface area (Å²) in [4.78, 5) is 29.0. The van der Waals surface area contributed by atoms with E-state index in [0.717, 1.165) is 11.1 Å². The molecule has 1 aliphatic carbocycles. The number of nitrogens with two attached hydrogens (primary N) is 1. The lowest BCUT2D eigenvalue weighted by molar-refractivity contribution is -0.149. The number of aromatic nitrogens is 1. The Balaban J connectivity index is 1.66. The van der Waals surface area contributed by atoms with Gasteiger partial charge in [-0.2, -0.15) is 5.26 Å². The third-order valence-electron chi connectivity index (χ3n) is 4.86. The SMILES string of the molecule is C[C@@H](NC(=O)C1C(=O)[C@H](Cc2ccnc(N)c2)[C@H]1C#N)c1ccccc1. The molecule has 0 spiro atoms. The molecule has 2 aromatic rings. The number of nitrogen functional groups attached to an aromatic ring is 1. The predicted octanol–water partition coefficient (Wildman–Crippen LogP) is 2.04. The van der Waals surface area contributed by atoms with Gasteiger partial charge in [-0.05, 0) is 36.6 Å². The highest BCUT2D eigenvalue weighted by Gasteiger charge is 2.53. The highest BCUT2D eigenvalue weighted by Crippen LogP contribution is 2.39. The van der Waals surface area contributed by atoms with E-state index >= 15 is 0 Å². The third kappa shape index (κ3) is 3.42. The van der Waals surface area contributed by atoms with E-state index in [1.54, 1.807) is 18.3 Å². The lowest BCUT2D eigenvalue weighted by atomic mass is 9.61. The van der Waals surface area contributed by atoms with Crippen LogP contribution in [0.25, 0.3) is 0 Å². The molecule has 1 aromatic carbocycles. The number of amides is 1. The number of carbonyl (C=O) groups excluding carboxylic acids is 2. The van der Waals surface area contributed by atoms with Crippen LogP contribution in [0.4, 0.5) is 5.82 Å². The number of hydrogen-bond acceptors (Lipinski definition) is 5. The number of ketones is 1. The minimum absolute atomic E-state index is 0.190. The maximum absolute atomic E-state index is 12.5. The quantitative estimate of drug-likeness (QED) is 0.804. The Kier molecular flexibility index (Phi) is 4.99. The molecule has 1 aromatic heterocycles. The zero-order chi connectivity index (χ0) is 18.7. The zero-order valence-corrected chi connectivity index (χ0v) is 14.4. The van der Waals surface area contributed by atoms with Crippen LogP contribution >= 0.6 is 0 Å². The van der Waals surface area contributed by atoms with Crippen LogP contribution in [-0.2, 0) is 16.0 Å². The van der Waals surface area contributed by atoms with Crippen LogP contribution in [0.2, 0.25) is 0 Å². The van der Waals surface area contributed by atoms with E-state index in [4.69, 9.17) is 5.73 Å². The minimum Gasteiger partial charge on any atom is -0.384 e. The Morgan fingerprint density at radius 2 is 2.08 bits per heavy atom. The summed E-state index contributed by atoms with van der Waals surface area (Å²) in [7, 11) is 0. The fourth-order valence-electron chi connectivity index (χ4n) is 3.39. The molecule has 3 rings (SSSR count). The summed E-state index contributed by atoms with van der Waals surface area (Å²) in [5.41, 5.74) is 7.45. The van der Waals surface area contributed by atoms with Gasteiger partial charge in [0.05, 0.1) is 18.0 Å². The Morgan fingerprint density at radius 3 is 2.73 bits per heavy atom. The monoisotopic (exact) mass is 348 g/mol. The van der Waals surface area contributed by atoms with Gasteiger partial charge in [0.25, 0.3) is 0 Å². The van der Waals surface area contributed by atoms with Crippen molar-refractivity contribution in [3.8, 4) is 6.07 Å². The number of nitrogens with zero attached hydrogens (tertiary/aromatic N) is 2. The number of pyridine rings is 1. The number of anilines is 1. The zero-order valence-electron chi connectivity index (χ0n) is 14.4. The first-order valence-corrected chi connectivity index (χ1v) is 8.50. The maximum atomic E-state index is 12.5. The fraction of sp³-hybridized carbons (Fsp3) is 0.300. The average molecular weight is 348 g/mol. The van der Waals surface area contributed by atoms with Crippen LogP contribution in [0.15, 0.2) is 48.7 Å². The second kappa shape index (κ2) is 7.36. The molecule has 26 heavy (non-hydrogen) atoms. The van der Waals surface area contributed by atoms with Crippen molar-refractivity contribution in [2.45, 2.75) is 19.4 Å². The maximum Gasteiger partial charge on any atom is 0.232 e. The molecule has 1 heterocycles. The predicted molar refractivity (Wildman–Crippen MR) is 96.4 cm³/mol. The van der Waals surface area contributed by atoms with Crippen LogP contribution < -0.4 is 11.1 Å². The lowest BCUT2D eigenvalue weighted by Gasteiger charge is -2.38. The molecule has 6 heteroatoms. The average Bonchev–Trinajstić information content (AvgIpc) is 2.64. The summed E-state index contributed by atoms with van der Waals surface area (Å²) in [6.45, 7) is 1.86. The molecule has 0 aliphatic heterocycles. The standard InChI is InChI=1S/C20H20N4O2/c1-12(14-5-3-2-4-6-14)24-20(26)18-16(11-21)15(19(18)25)9-13-7-8-23-17(22)10-13/h2-8,10,12,15-16,18H,9H2,1H3,(H2,22,23)(H,24,26)/t12-,15-,16-,18?/m1/s1. The first-order chi connectivity index (χ1) is 12.5. The Labute approximate surface area is 152 Å². The first-order valence-electron chi connectivity index (χ1n) is 8.50. The van der Waals surface area contributed by atoms with Gasteiger partial charge in [0.1, 0.15) is 11.7 Å². The van der Waals surface area contributed by atoms with Crippen molar-refractivity contribution in [3.05, 3.63) is 59.8 Å². The lowest BCUT2D eigenvalue weighted by Crippen LogP contribution is -2.55. The van der Waals surface area contributed by atoms with Gasteiger partial charge in [-0.3, -0.25) is 9.59 Å². The Hall–Kier alpha value is -3.20. The van der Waals surface area contributed by atoms with E-state index in [1.807, 2.05) is 37.3 Å². The summed E-state index contributed by atoms with van der Waals surface area (Å²) in [6, 6.07) is 14.9. The molecule has 4 atom stereocenters. The number of Topliss-reactive ketones (excluding diaryl/α,β-unsaturated/α-hetero) is 1. The molecule has 0 bridgehead atoms. The van der Waals surface area contributed by atoms with Crippen LogP contribution in [0.1, 0.15) is 24.1 Å². The van der Waals surface area contributed by atoms with E-state index in [1.165, 1.54) is 0 Å². The molecule has 1 aliphatic rings. The number of benzene rings is 1. The van der Waals surface area contributed by atoms with Gasteiger partial charge in [0.2, 0.25) is 5.91 Å². The number of rotatable bonds is 5.